The number of nitrogens with zero attached hydrogens (tertiary/aromatic N) is 2. The van der Waals surface area contributed by atoms with Crippen LogP contribution < -0.4 is 5.32 Å². The Balaban J connectivity index is 1.45. The first kappa shape index (κ1) is 19.6. The zero-order valence-electron chi connectivity index (χ0n) is 17.5. The molecule has 0 aliphatic heterocycles. The molecule has 6 heteroatoms. The number of imidazole rings is 1. The number of hydrogen-bond donors (Lipinski definition) is 1. The molecular formula is C27H18FN3OS. The van der Waals surface area contributed by atoms with Crippen LogP contribution >= 0.6 is 11.3 Å². The van der Waals surface area contributed by atoms with Gasteiger partial charge < -0.3 is 5.32 Å². The summed E-state index contributed by atoms with van der Waals surface area (Å²) < 4.78 is 17.5. The van der Waals surface area contributed by atoms with Crippen LogP contribution in [0, 0.1) is 5.82 Å². The molecule has 0 aliphatic carbocycles. The average molecular weight is 452 g/mol. The molecule has 0 radical (unpaired) electrons. The Labute approximate surface area is 192 Å². The van der Waals surface area contributed by atoms with Gasteiger partial charge in [0, 0.05) is 38.5 Å². The third kappa shape index (κ3) is 3.45. The van der Waals surface area contributed by atoms with Crippen molar-refractivity contribution >= 4 is 43.1 Å². The van der Waals surface area contributed by atoms with E-state index in [0.717, 1.165) is 16.5 Å². The Kier molecular flexibility index (Phi) is 4.66. The second kappa shape index (κ2) is 7.83. The van der Waals surface area contributed by atoms with Crippen LogP contribution in [0.4, 0.5) is 4.39 Å². The Bertz CT molecular complexity index is 1650. The first-order chi connectivity index (χ1) is 16.2. The summed E-state index contributed by atoms with van der Waals surface area (Å²) in [4.78, 5) is 18.1. The first-order valence-electron chi connectivity index (χ1n) is 10.6. The van der Waals surface area contributed by atoms with Crippen LogP contribution in [0.1, 0.15) is 16.1 Å². The normalized spacial score (nSPS) is 11.4. The molecule has 3 heterocycles. The molecule has 0 bridgehead atoms. The second-order valence-electron chi connectivity index (χ2n) is 7.86. The van der Waals surface area contributed by atoms with Crippen molar-refractivity contribution in [1.82, 2.24) is 14.7 Å². The molecule has 0 atom stereocenters. The molecule has 33 heavy (non-hydrogen) atoms. The fourth-order valence-corrected chi connectivity index (χ4v) is 5.24. The zero-order chi connectivity index (χ0) is 22.4. The molecule has 3 aromatic carbocycles. The minimum atomic E-state index is -0.300. The molecule has 1 N–H and O–H groups in total. The van der Waals surface area contributed by atoms with Gasteiger partial charge in [0.25, 0.3) is 5.91 Å². The number of hydrogen-bond acceptors (Lipinski definition) is 3. The molecule has 0 aliphatic rings. The van der Waals surface area contributed by atoms with E-state index in [2.05, 4.69) is 29.6 Å². The third-order valence-corrected chi connectivity index (χ3v) is 6.91. The van der Waals surface area contributed by atoms with Crippen LogP contribution in [0.25, 0.3) is 37.1 Å². The highest BCUT2D eigenvalue weighted by Crippen LogP contribution is 2.36. The fraction of sp³-hybridized carbons (Fsp3) is 0.0370. The molecule has 160 valence electrons. The van der Waals surface area contributed by atoms with Crippen molar-refractivity contribution in [1.29, 1.82) is 0 Å². The summed E-state index contributed by atoms with van der Waals surface area (Å²) in [6.45, 7) is 0.298. The van der Waals surface area contributed by atoms with E-state index in [4.69, 9.17) is 4.98 Å². The fourth-order valence-electron chi connectivity index (χ4n) is 4.16. The molecular weight excluding hydrogens is 433 g/mol. The van der Waals surface area contributed by atoms with E-state index in [0.29, 0.717) is 23.6 Å². The summed E-state index contributed by atoms with van der Waals surface area (Å²) in [5.41, 5.74) is 3.53. The monoisotopic (exact) mass is 451 g/mol. The molecule has 4 nitrogen and oxygen atoms in total. The lowest BCUT2D eigenvalue weighted by molar-refractivity contribution is 0.0945. The van der Waals surface area contributed by atoms with Crippen LogP contribution in [-0.4, -0.2) is 15.3 Å². The van der Waals surface area contributed by atoms with Crippen LogP contribution in [0.15, 0.2) is 91.1 Å². The van der Waals surface area contributed by atoms with E-state index in [1.807, 2.05) is 47.0 Å². The smallest absolute Gasteiger partial charge is 0.270 e. The number of nitrogens with one attached hydrogen (secondary N) is 1. The molecule has 6 aromatic rings. The van der Waals surface area contributed by atoms with Crippen LogP contribution in [-0.2, 0) is 6.54 Å². The highest BCUT2D eigenvalue weighted by Gasteiger charge is 2.21. The number of fused-ring (bicyclic) bond motifs is 4. The van der Waals surface area contributed by atoms with Gasteiger partial charge >= 0.3 is 0 Å². The van der Waals surface area contributed by atoms with E-state index >= 15 is 0 Å². The number of aromatic nitrogens is 2. The summed E-state index contributed by atoms with van der Waals surface area (Å²) in [6, 6.07) is 26.4. The van der Waals surface area contributed by atoms with E-state index in [1.54, 1.807) is 23.5 Å². The Hall–Kier alpha value is -4.03. The molecule has 0 fully saturated rings. The summed E-state index contributed by atoms with van der Waals surface area (Å²) >= 11 is 1.76. The summed E-state index contributed by atoms with van der Waals surface area (Å²) in [6.07, 6.45) is 1.84. The van der Waals surface area contributed by atoms with E-state index in [1.165, 1.54) is 26.9 Å². The number of benzene rings is 3. The lowest BCUT2D eigenvalue weighted by atomic mass is 10.1. The van der Waals surface area contributed by atoms with Gasteiger partial charge in [0.05, 0.1) is 0 Å². The van der Waals surface area contributed by atoms with Crippen LogP contribution in [0.2, 0.25) is 0 Å². The Morgan fingerprint density at radius 2 is 1.70 bits per heavy atom. The minimum Gasteiger partial charge on any atom is -0.347 e. The zero-order valence-corrected chi connectivity index (χ0v) is 18.3. The lowest BCUT2D eigenvalue weighted by Gasteiger charge is -2.08. The number of halogens is 1. The maximum Gasteiger partial charge on any atom is 0.270 e. The van der Waals surface area contributed by atoms with Crippen molar-refractivity contribution in [3.63, 3.8) is 0 Å². The van der Waals surface area contributed by atoms with Crippen molar-refractivity contribution in [2.24, 2.45) is 0 Å². The molecule has 0 unspecified atom stereocenters. The van der Waals surface area contributed by atoms with Crippen molar-refractivity contribution in [2.45, 2.75) is 6.54 Å². The van der Waals surface area contributed by atoms with Crippen molar-refractivity contribution < 1.29 is 9.18 Å². The van der Waals surface area contributed by atoms with Gasteiger partial charge in [0.15, 0.2) is 0 Å². The third-order valence-electron chi connectivity index (χ3n) is 5.76. The number of amides is 1. The first-order valence-corrected chi connectivity index (χ1v) is 11.4. The van der Waals surface area contributed by atoms with Gasteiger partial charge in [-0.2, -0.15) is 0 Å². The van der Waals surface area contributed by atoms with Crippen molar-refractivity contribution in [3.8, 4) is 11.3 Å². The maximum absolute atomic E-state index is 13.3. The van der Waals surface area contributed by atoms with E-state index in [9.17, 15) is 9.18 Å². The molecule has 6 rings (SSSR count). The summed E-state index contributed by atoms with van der Waals surface area (Å²) in [5, 5.41) is 5.32. The topological polar surface area (TPSA) is 46.4 Å². The molecule has 0 saturated heterocycles. The quantitative estimate of drug-likeness (QED) is 0.335. The lowest BCUT2D eigenvalue weighted by Crippen LogP contribution is -2.24. The average Bonchev–Trinajstić information content (AvgIpc) is 3.42. The highest BCUT2D eigenvalue weighted by molar-refractivity contribution is 7.25. The van der Waals surface area contributed by atoms with Gasteiger partial charge in [0.1, 0.15) is 22.9 Å². The van der Waals surface area contributed by atoms with Gasteiger partial charge in [0.2, 0.25) is 0 Å². The van der Waals surface area contributed by atoms with E-state index in [-0.39, 0.29) is 11.7 Å². The van der Waals surface area contributed by atoms with Crippen LogP contribution in [0.5, 0.6) is 0 Å². The Morgan fingerprint density at radius 3 is 2.58 bits per heavy atom. The number of pyridine rings is 1. The predicted octanol–water partition coefficient (Wildman–Crippen LogP) is 6.44. The van der Waals surface area contributed by atoms with Gasteiger partial charge in [-0.15, -0.1) is 11.3 Å². The van der Waals surface area contributed by atoms with Crippen molar-refractivity contribution in [2.75, 3.05) is 0 Å². The highest BCUT2D eigenvalue weighted by atomic mass is 32.1. The summed E-state index contributed by atoms with van der Waals surface area (Å²) in [5.74, 6) is -0.534. The largest absolute Gasteiger partial charge is 0.347 e. The molecule has 3 aromatic heterocycles. The molecule has 1 amide bonds. The molecule has 0 saturated carbocycles. The standard InChI is InChI=1S/C27H18FN3OS/c28-19-11-8-17(9-12-19)16-29-27(32)26-25(30-24-7-3-4-14-31(24)26)18-10-13-23-21(15-18)20-5-1-2-6-22(20)33-23/h1-15H,16H2,(H,29,32). The SMILES string of the molecule is O=C(NCc1ccc(F)cc1)c1c(-c2ccc3sc4ccccc4c3c2)nc2ccccn12. The number of rotatable bonds is 4. The van der Waals surface area contributed by atoms with Crippen LogP contribution in [0.3, 0.4) is 0 Å². The minimum absolute atomic E-state index is 0.233. The van der Waals surface area contributed by atoms with Gasteiger partial charge in [-0.25, -0.2) is 9.37 Å². The maximum atomic E-state index is 13.3. The van der Waals surface area contributed by atoms with E-state index < -0.39 is 0 Å². The second-order valence-corrected chi connectivity index (χ2v) is 8.94. The number of carbonyl (C=O) groups is 1. The Morgan fingerprint density at radius 1 is 0.909 bits per heavy atom. The van der Waals surface area contributed by atoms with Gasteiger partial charge in [-0.3, -0.25) is 9.20 Å². The summed E-state index contributed by atoms with van der Waals surface area (Å²) in [7, 11) is 0. The number of carbonyl (C=O) groups excluding carboxylic acids is 1. The van der Waals surface area contributed by atoms with Crippen molar-refractivity contribution in [3.05, 3.63) is 108 Å². The predicted molar refractivity (Wildman–Crippen MR) is 131 cm³/mol. The molecule has 0 spiro atoms. The van der Waals surface area contributed by atoms with Gasteiger partial charge in [-0.1, -0.05) is 42.5 Å². The van der Waals surface area contributed by atoms with Gasteiger partial charge in [-0.05, 0) is 48.0 Å². The number of thiophene rings is 1.